The largest absolute Gasteiger partial charge is 0.340 e. The monoisotopic (exact) mass is 220 g/mol. The van der Waals surface area contributed by atoms with Gasteiger partial charge in [0.1, 0.15) is 0 Å². The van der Waals surface area contributed by atoms with Crippen molar-refractivity contribution in [2.24, 2.45) is 10.8 Å². The topological polar surface area (TPSA) is 87.8 Å². The molecule has 1 fully saturated rings. The second kappa shape index (κ2) is 4.61. The van der Waals surface area contributed by atoms with E-state index in [4.69, 9.17) is 5.84 Å². The van der Waals surface area contributed by atoms with Gasteiger partial charge in [-0.25, -0.2) is 14.3 Å². The molecule has 0 aliphatic carbocycles. The summed E-state index contributed by atoms with van der Waals surface area (Å²) in [7, 11) is -2.84. The Kier molecular flexibility index (Phi) is 3.70. The standard InChI is InChI=1S/C7H16N4O2S/c1-2-9-7(10-8)11-3-5-14(12,13)6-4-11/h2-6,8H2,1H3,(H,9,10). The number of rotatable bonds is 1. The van der Waals surface area contributed by atoms with Crippen molar-refractivity contribution in [2.75, 3.05) is 31.1 Å². The third kappa shape index (κ3) is 2.85. The summed E-state index contributed by atoms with van der Waals surface area (Å²) in [6, 6.07) is 0. The molecule has 1 rings (SSSR count). The number of sulfone groups is 1. The summed E-state index contributed by atoms with van der Waals surface area (Å²) in [4.78, 5) is 5.98. The van der Waals surface area contributed by atoms with E-state index in [1.165, 1.54) is 0 Å². The molecule has 1 aliphatic heterocycles. The molecule has 0 saturated carbocycles. The smallest absolute Gasteiger partial charge is 0.208 e. The third-order valence-electron chi connectivity index (χ3n) is 2.08. The second-order valence-corrected chi connectivity index (χ2v) is 5.38. The minimum absolute atomic E-state index is 0.178. The quantitative estimate of drug-likeness (QED) is 0.244. The van der Waals surface area contributed by atoms with Crippen molar-refractivity contribution >= 4 is 15.8 Å². The lowest BCUT2D eigenvalue weighted by Crippen LogP contribution is -2.51. The average molecular weight is 220 g/mol. The van der Waals surface area contributed by atoms with Crippen LogP contribution in [0.3, 0.4) is 0 Å². The molecular weight excluding hydrogens is 204 g/mol. The van der Waals surface area contributed by atoms with E-state index in [1.54, 1.807) is 0 Å². The lowest BCUT2D eigenvalue weighted by atomic mass is 10.5. The molecule has 3 N–H and O–H groups in total. The lowest BCUT2D eigenvalue weighted by molar-refractivity contribution is 0.426. The molecule has 6 nitrogen and oxygen atoms in total. The summed E-state index contributed by atoms with van der Waals surface area (Å²) in [6.45, 7) is 3.46. The first-order valence-electron chi connectivity index (χ1n) is 4.55. The Bertz CT molecular complexity index is 298. The Morgan fingerprint density at radius 1 is 1.50 bits per heavy atom. The van der Waals surface area contributed by atoms with Crippen LogP contribution >= 0.6 is 0 Å². The molecule has 0 spiro atoms. The Labute approximate surface area is 84.1 Å². The molecule has 0 radical (unpaired) electrons. The molecule has 14 heavy (non-hydrogen) atoms. The molecule has 1 aliphatic rings. The molecule has 0 amide bonds. The Balaban J connectivity index is 2.60. The van der Waals surface area contributed by atoms with Crippen molar-refractivity contribution in [1.29, 1.82) is 0 Å². The first-order chi connectivity index (χ1) is 6.59. The SMILES string of the molecule is CCN=C(NN)N1CCS(=O)(=O)CC1. The van der Waals surface area contributed by atoms with Crippen LogP contribution < -0.4 is 11.3 Å². The van der Waals surface area contributed by atoms with Gasteiger partial charge in [-0.1, -0.05) is 0 Å². The highest BCUT2D eigenvalue weighted by Crippen LogP contribution is 2.03. The summed E-state index contributed by atoms with van der Waals surface area (Å²) in [5, 5.41) is 0. The molecule has 1 saturated heterocycles. The highest BCUT2D eigenvalue weighted by atomic mass is 32.2. The maximum Gasteiger partial charge on any atom is 0.208 e. The van der Waals surface area contributed by atoms with Crippen LogP contribution in [-0.4, -0.2) is 50.4 Å². The molecule has 0 aromatic heterocycles. The van der Waals surface area contributed by atoms with Crippen LogP contribution in [0.5, 0.6) is 0 Å². The van der Waals surface area contributed by atoms with E-state index < -0.39 is 9.84 Å². The van der Waals surface area contributed by atoms with Crippen molar-refractivity contribution in [3.8, 4) is 0 Å². The van der Waals surface area contributed by atoms with Crippen molar-refractivity contribution in [2.45, 2.75) is 6.92 Å². The van der Waals surface area contributed by atoms with Gasteiger partial charge in [0.25, 0.3) is 0 Å². The van der Waals surface area contributed by atoms with Crippen LogP contribution in [0.2, 0.25) is 0 Å². The fourth-order valence-corrected chi connectivity index (χ4v) is 2.51. The zero-order chi connectivity index (χ0) is 10.6. The molecule has 0 bridgehead atoms. The van der Waals surface area contributed by atoms with E-state index in [1.807, 2.05) is 11.8 Å². The van der Waals surface area contributed by atoms with Gasteiger partial charge < -0.3 is 4.90 Å². The summed E-state index contributed by atoms with van der Waals surface area (Å²) < 4.78 is 22.3. The average Bonchev–Trinajstić information content (AvgIpc) is 2.15. The van der Waals surface area contributed by atoms with Gasteiger partial charge in [0.2, 0.25) is 5.96 Å². The van der Waals surface area contributed by atoms with Gasteiger partial charge in [-0.2, -0.15) is 0 Å². The highest BCUT2D eigenvalue weighted by Gasteiger charge is 2.23. The summed E-state index contributed by atoms with van der Waals surface area (Å²) in [5.41, 5.74) is 2.48. The summed E-state index contributed by atoms with van der Waals surface area (Å²) in [6.07, 6.45) is 0. The van der Waals surface area contributed by atoms with Gasteiger partial charge >= 0.3 is 0 Å². The van der Waals surface area contributed by atoms with Crippen molar-refractivity contribution in [3.63, 3.8) is 0 Å². The zero-order valence-electron chi connectivity index (χ0n) is 8.23. The van der Waals surface area contributed by atoms with Crippen molar-refractivity contribution in [3.05, 3.63) is 0 Å². The van der Waals surface area contributed by atoms with E-state index in [0.717, 1.165) is 0 Å². The lowest BCUT2D eigenvalue weighted by Gasteiger charge is -2.28. The van der Waals surface area contributed by atoms with Crippen molar-refractivity contribution in [1.82, 2.24) is 10.3 Å². The number of aliphatic imine (C=N–C) groups is 1. The third-order valence-corrected chi connectivity index (χ3v) is 3.69. The molecule has 0 aromatic rings. The van der Waals surface area contributed by atoms with Gasteiger partial charge in [0, 0.05) is 19.6 Å². The molecule has 1 heterocycles. The van der Waals surface area contributed by atoms with Crippen LogP contribution in [0.15, 0.2) is 4.99 Å². The summed E-state index contributed by atoms with van der Waals surface area (Å²) >= 11 is 0. The maximum atomic E-state index is 11.1. The van der Waals surface area contributed by atoms with Crippen LogP contribution in [0.1, 0.15) is 6.92 Å². The number of guanidine groups is 1. The van der Waals surface area contributed by atoms with E-state index in [9.17, 15) is 8.42 Å². The second-order valence-electron chi connectivity index (χ2n) is 3.08. The normalized spacial score (nSPS) is 22.1. The van der Waals surface area contributed by atoms with E-state index >= 15 is 0 Å². The molecular formula is C7H16N4O2S. The van der Waals surface area contributed by atoms with E-state index in [-0.39, 0.29) is 11.5 Å². The van der Waals surface area contributed by atoms with Gasteiger partial charge in [0.05, 0.1) is 11.5 Å². The molecule has 0 unspecified atom stereocenters. The van der Waals surface area contributed by atoms with Crippen LogP contribution in [0, 0.1) is 0 Å². The number of hydrogen-bond acceptors (Lipinski definition) is 4. The predicted molar refractivity (Wildman–Crippen MR) is 55.5 cm³/mol. The number of nitrogens with one attached hydrogen (secondary N) is 1. The Morgan fingerprint density at radius 2 is 2.07 bits per heavy atom. The zero-order valence-corrected chi connectivity index (χ0v) is 9.05. The van der Waals surface area contributed by atoms with Crippen LogP contribution in [-0.2, 0) is 9.84 Å². The van der Waals surface area contributed by atoms with Gasteiger partial charge in [-0.15, -0.1) is 0 Å². The van der Waals surface area contributed by atoms with E-state index in [0.29, 0.717) is 25.6 Å². The van der Waals surface area contributed by atoms with Gasteiger partial charge in [0.15, 0.2) is 9.84 Å². The minimum atomic E-state index is -2.84. The van der Waals surface area contributed by atoms with E-state index in [2.05, 4.69) is 10.4 Å². The fraction of sp³-hybridized carbons (Fsp3) is 0.857. The molecule has 7 heteroatoms. The summed E-state index contributed by atoms with van der Waals surface area (Å²) in [5.74, 6) is 6.21. The minimum Gasteiger partial charge on any atom is -0.340 e. The molecule has 82 valence electrons. The maximum absolute atomic E-state index is 11.1. The Morgan fingerprint density at radius 3 is 2.50 bits per heavy atom. The first-order valence-corrected chi connectivity index (χ1v) is 6.37. The number of hydrogen-bond donors (Lipinski definition) is 2. The van der Waals surface area contributed by atoms with Crippen LogP contribution in [0.4, 0.5) is 0 Å². The van der Waals surface area contributed by atoms with Gasteiger partial charge in [-0.05, 0) is 6.92 Å². The van der Waals surface area contributed by atoms with Crippen LogP contribution in [0.25, 0.3) is 0 Å². The number of hydrazine groups is 1. The van der Waals surface area contributed by atoms with Crippen molar-refractivity contribution < 1.29 is 8.42 Å². The highest BCUT2D eigenvalue weighted by molar-refractivity contribution is 7.91. The first kappa shape index (κ1) is 11.3. The van der Waals surface area contributed by atoms with Gasteiger partial charge in [-0.3, -0.25) is 10.4 Å². The molecule has 0 aromatic carbocycles. The number of nitrogens with two attached hydrogens (primary N) is 1. The Hall–Kier alpha value is -0.820. The fourth-order valence-electron chi connectivity index (χ4n) is 1.31. The number of nitrogens with zero attached hydrogens (tertiary/aromatic N) is 2. The predicted octanol–water partition coefficient (Wildman–Crippen LogP) is -1.44. The molecule has 0 atom stereocenters.